The van der Waals surface area contributed by atoms with Gasteiger partial charge in [0.05, 0.1) is 54.8 Å². The number of aromatic nitrogens is 4. The molecule has 4 aliphatic rings. The van der Waals surface area contributed by atoms with Crippen LogP contribution in [0.25, 0.3) is 16.8 Å². The molecule has 10 nitrogen and oxygen atoms in total. The zero-order valence-corrected chi connectivity index (χ0v) is 18.4. The minimum Gasteiger partial charge on any atom is -0.491 e. The van der Waals surface area contributed by atoms with Crippen molar-refractivity contribution in [3.63, 3.8) is 0 Å². The first-order valence-electron chi connectivity index (χ1n) is 11.4. The van der Waals surface area contributed by atoms with Crippen molar-refractivity contribution in [1.29, 1.82) is 5.26 Å². The molecular weight excluding hydrogens is 420 g/mol. The van der Waals surface area contributed by atoms with Crippen molar-refractivity contribution in [2.45, 2.75) is 18.5 Å². The van der Waals surface area contributed by atoms with Crippen LogP contribution in [0, 0.1) is 11.3 Å². The Morgan fingerprint density at radius 2 is 1.97 bits per heavy atom. The normalized spacial score (nSPS) is 22.7. The van der Waals surface area contributed by atoms with Gasteiger partial charge in [-0.15, -0.1) is 0 Å². The second-order valence-corrected chi connectivity index (χ2v) is 8.82. The maximum Gasteiger partial charge on any atom is 0.147 e. The first kappa shape index (κ1) is 20.4. The Balaban J connectivity index is 1.25. The summed E-state index contributed by atoms with van der Waals surface area (Å²) in [4.78, 5) is 14.0. The highest BCUT2D eigenvalue weighted by atomic mass is 16.5. The number of ether oxygens (including phenoxy) is 2. The molecule has 7 rings (SSSR count). The van der Waals surface area contributed by atoms with E-state index in [0.717, 1.165) is 57.3 Å². The van der Waals surface area contributed by atoms with E-state index in [-0.39, 0.29) is 0 Å². The quantitative estimate of drug-likeness (QED) is 0.592. The Morgan fingerprint density at radius 1 is 1.15 bits per heavy atom. The molecule has 0 amide bonds. The number of hydrogen-bond donors (Lipinski definition) is 1. The third-order valence-electron chi connectivity index (χ3n) is 6.65. The predicted octanol–water partition coefficient (Wildman–Crippen LogP) is 0.924. The lowest BCUT2D eigenvalue weighted by atomic mass is 9.91. The van der Waals surface area contributed by atoms with Crippen molar-refractivity contribution in [2.75, 3.05) is 57.4 Å². The molecule has 4 fully saturated rings. The molecule has 0 spiro atoms. The maximum absolute atomic E-state index is 9.60. The van der Waals surface area contributed by atoms with Gasteiger partial charge in [0.15, 0.2) is 0 Å². The number of nitrogens with one attached hydrogen (secondary N) is 1. The van der Waals surface area contributed by atoms with E-state index in [4.69, 9.17) is 19.4 Å². The van der Waals surface area contributed by atoms with E-state index >= 15 is 0 Å². The average molecular weight is 447 g/mol. The topological polar surface area (TPSA) is 104 Å². The molecule has 33 heavy (non-hydrogen) atoms. The van der Waals surface area contributed by atoms with Crippen LogP contribution in [0.4, 0.5) is 5.82 Å². The zero-order valence-electron chi connectivity index (χ0n) is 18.4. The summed E-state index contributed by atoms with van der Waals surface area (Å²) in [5, 5.41) is 17.5. The molecule has 4 saturated heterocycles. The molecule has 3 aromatic rings. The third kappa shape index (κ3) is 3.99. The van der Waals surface area contributed by atoms with Crippen molar-refractivity contribution in [3.8, 4) is 23.1 Å². The molecular formula is C23H26N8O2. The Hall–Kier alpha value is -3.26. The van der Waals surface area contributed by atoms with Gasteiger partial charge in [-0.1, -0.05) is 0 Å². The average Bonchev–Trinajstić information content (AvgIpc) is 3.27. The predicted molar refractivity (Wildman–Crippen MR) is 121 cm³/mol. The fraction of sp³-hybridized carbons (Fsp3) is 0.478. The first-order chi connectivity index (χ1) is 16.3. The largest absolute Gasteiger partial charge is 0.491 e. The summed E-state index contributed by atoms with van der Waals surface area (Å²) in [6, 6.07) is 5.28. The number of piperidine rings is 1. The van der Waals surface area contributed by atoms with Gasteiger partial charge in [0.25, 0.3) is 0 Å². The Labute approximate surface area is 191 Å². The highest BCUT2D eigenvalue weighted by Gasteiger charge is 2.36. The van der Waals surface area contributed by atoms with Crippen molar-refractivity contribution < 1.29 is 9.47 Å². The number of nitrogens with zero attached hydrogens (tertiary/aromatic N) is 7. The van der Waals surface area contributed by atoms with Gasteiger partial charge in [0, 0.05) is 50.4 Å². The van der Waals surface area contributed by atoms with Crippen LogP contribution >= 0.6 is 0 Å². The number of morpholine rings is 1. The molecule has 0 aromatic carbocycles. The molecule has 10 heteroatoms. The lowest BCUT2D eigenvalue weighted by Gasteiger charge is -2.48. The van der Waals surface area contributed by atoms with Crippen LogP contribution in [0.15, 0.2) is 30.9 Å². The van der Waals surface area contributed by atoms with Crippen LogP contribution in [-0.4, -0.2) is 89.1 Å². The number of piperazine rings is 1. The summed E-state index contributed by atoms with van der Waals surface area (Å²) >= 11 is 0. The number of pyridine rings is 1. The minimum absolute atomic E-state index is 0.498. The molecule has 0 aliphatic carbocycles. The number of hydrogen-bond acceptors (Lipinski definition) is 9. The number of anilines is 1. The molecule has 1 N–H and O–H groups in total. The van der Waals surface area contributed by atoms with Crippen LogP contribution < -0.4 is 15.0 Å². The molecule has 4 aliphatic heterocycles. The molecule has 0 saturated carbocycles. The van der Waals surface area contributed by atoms with E-state index in [9.17, 15) is 5.26 Å². The summed E-state index contributed by atoms with van der Waals surface area (Å²) in [5.41, 5.74) is 2.69. The Kier molecular flexibility index (Phi) is 5.30. The van der Waals surface area contributed by atoms with E-state index in [1.54, 1.807) is 16.9 Å². The van der Waals surface area contributed by atoms with E-state index in [1.165, 1.54) is 6.42 Å². The summed E-state index contributed by atoms with van der Waals surface area (Å²) in [6.45, 7) is 6.71. The van der Waals surface area contributed by atoms with E-state index in [2.05, 4.69) is 26.3 Å². The number of fused-ring (bicyclic) bond motifs is 3. The van der Waals surface area contributed by atoms with Gasteiger partial charge < -0.3 is 19.7 Å². The van der Waals surface area contributed by atoms with Crippen LogP contribution in [0.5, 0.6) is 5.75 Å². The van der Waals surface area contributed by atoms with Gasteiger partial charge >= 0.3 is 0 Å². The smallest absolute Gasteiger partial charge is 0.147 e. The maximum atomic E-state index is 9.60. The SMILES string of the molecule is N#Cc1cnn2cc(OCCN3CCOCC3)cc(-c3cnc(N4CC5CC(C4)N5)cn3)c12. The molecule has 2 atom stereocenters. The van der Waals surface area contributed by atoms with Crippen molar-refractivity contribution >= 4 is 11.3 Å². The van der Waals surface area contributed by atoms with Crippen molar-refractivity contribution in [2.24, 2.45) is 0 Å². The molecule has 0 radical (unpaired) electrons. The summed E-state index contributed by atoms with van der Waals surface area (Å²) in [6.07, 6.45) is 8.24. The highest BCUT2D eigenvalue weighted by Crippen LogP contribution is 2.31. The summed E-state index contributed by atoms with van der Waals surface area (Å²) in [7, 11) is 0. The van der Waals surface area contributed by atoms with Gasteiger partial charge in [-0.3, -0.25) is 9.88 Å². The Morgan fingerprint density at radius 3 is 2.70 bits per heavy atom. The van der Waals surface area contributed by atoms with Gasteiger partial charge in [-0.2, -0.15) is 10.4 Å². The minimum atomic E-state index is 0.498. The van der Waals surface area contributed by atoms with Crippen LogP contribution in [0.2, 0.25) is 0 Å². The lowest BCUT2D eigenvalue weighted by Crippen LogP contribution is -2.67. The third-order valence-corrected chi connectivity index (χ3v) is 6.65. The first-order valence-corrected chi connectivity index (χ1v) is 11.4. The monoisotopic (exact) mass is 446 g/mol. The van der Waals surface area contributed by atoms with Crippen molar-refractivity contribution in [1.82, 2.24) is 29.8 Å². The fourth-order valence-electron chi connectivity index (χ4n) is 4.89. The summed E-state index contributed by atoms with van der Waals surface area (Å²) in [5.74, 6) is 1.57. The molecule has 3 aromatic heterocycles. The lowest BCUT2D eigenvalue weighted by molar-refractivity contribution is 0.0322. The molecule has 2 bridgehead atoms. The van der Waals surface area contributed by atoms with E-state index in [1.807, 2.05) is 18.5 Å². The van der Waals surface area contributed by atoms with Crippen LogP contribution in [0.3, 0.4) is 0 Å². The standard InChI is InChI=1S/C23H26N8O2/c24-9-16-10-27-31-15-19(33-6-3-29-1-4-32-5-2-29)8-20(23(16)31)21-11-26-22(12-25-21)30-13-17-7-18(14-30)28-17/h8,10-12,15,17-18,28H,1-7,13-14H2. The van der Waals surface area contributed by atoms with Crippen LogP contribution in [-0.2, 0) is 4.74 Å². The molecule has 7 heterocycles. The van der Waals surface area contributed by atoms with E-state index in [0.29, 0.717) is 41.2 Å². The van der Waals surface area contributed by atoms with Gasteiger partial charge in [-0.05, 0) is 12.5 Å². The molecule has 2 unspecified atom stereocenters. The van der Waals surface area contributed by atoms with Gasteiger partial charge in [0.1, 0.15) is 24.2 Å². The van der Waals surface area contributed by atoms with Crippen molar-refractivity contribution in [3.05, 3.63) is 36.4 Å². The second kappa shape index (κ2) is 8.59. The molecule has 170 valence electrons. The van der Waals surface area contributed by atoms with Gasteiger partial charge in [0.2, 0.25) is 0 Å². The number of rotatable bonds is 6. The zero-order chi connectivity index (χ0) is 22.2. The number of nitriles is 1. The summed E-state index contributed by atoms with van der Waals surface area (Å²) < 4.78 is 13.2. The fourth-order valence-corrected chi connectivity index (χ4v) is 4.89. The Bertz CT molecular complexity index is 1170. The van der Waals surface area contributed by atoms with Crippen LogP contribution in [0.1, 0.15) is 12.0 Å². The highest BCUT2D eigenvalue weighted by molar-refractivity contribution is 5.83. The second-order valence-electron chi connectivity index (χ2n) is 8.82. The van der Waals surface area contributed by atoms with E-state index < -0.39 is 0 Å². The van der Waals surface area contributed by atoms with Gasteiger partial charge in [-0.25, -0.2) is 9.50 Å².